The Bertz CT molecular complexity index is 494. The fourth-order valence-corrected chi connectivity index (χ4v) is 2.66. The lowest BCUT2D eigenvalue weighted by Crippen LogP contribution is -2.37. The van der Waals surface area contributed by atoms with E-state index in [1.54, 1.807) is 6.07 Å². The molecule has 1 aliphatic rings. The molecule has 0 saturated carbocycles. The highest BCUT2D eigenvalue weighted by Gasteiger charge is 2.21. The highest BCUT2D eigenvalue weighted by molar-refractivity contribution is 5.92. The van der Waals surface area contributed by atoms with Gasteiger partial charge >= 0.3 is 6.09 Å². The lowest BCUT2D eigenvalue weighted by molar-refractivity contribution is 0.1000. The lowest BCUT2D eigenvalue weighted by Gasteiger charge is -2.29. The average molecular weight is 276 g/mol. The molecule has 1 aliphatic heterocycles. The van der Waals surface area contributed by atoms with Gasteiger partial charge in [-0.1, -0.05) is 12.1 Å². The number of hydrogen-bond donors (Lipinski definition) is 2. The molecule has 1 aromatic carbocycles. The fraction of sp³-hybridized carbons (Fsp3) is 0.467. The van der Waals surface area contributed by atoms with E-state index < -0.39 is 12.0 Å². The molecule has 1 heterocycles. The summed E-state index contributed by atoms with van der Waals surface area (Å²) in [7, 11) is 0. The maximum absolute atomic E-state index is 11.1. The number of amides is 2. The third kappa shape index (κ3) is 3.73. The van der Waals surface area contributed by atoms with Crippen LogP contribution in [0.3, 0.4) is 0 Å². The minimum atomic E-state index is -0.822. The zero-order chi connectivity index (χ0) is 14.5. The predicted molar refractivity (Wildman–Crippen MR) is 75.6 cm³/mol. The van der Waals surface area contributed by atoms with Crippen molar-refractivity contribution in [3.63, 3.8) is 0 Å². The molecule has 5 nitrogen and oxygen atoms in total. The third-order valence-corrected chi connectivity index (χ3v) is 3.94. The van der Waals surface area contributed by atoms with Crippen molar-refractivity contribution >= 4 is 12.0 Å². The second kappa shape index (κ2) is 6.41. The number of nitrogens with two attached hydrogens (primary N) is 1. The second-order valence-corrected chi connectivity index (χ2v) is 5.32. The molecule has 20 heavy (non-hydrogen) atoms. The third-order valence-electron chi connectivity index (χ3n) is 3.94. The van der Waals surface area contributed by atoms with Gasteiger partial charge in [-0.05, 0) is 49.3 Å². The first-order chi connectivity index (χ1) is 9.56. The average Bonchev–Trinajstić information content (AvgIpc) is 2.46. The topological polar surface area (TPSA) is 83.6 Å². The quantitative estimate of drug-likeness (QED) is 0.883. The monoisotopic (exact) mass is 276 g/mol. The summed E-state index contributed by atoms with van der Waals surface area (Å²) < 4.78 is 0. The van der Waals surface area contributed by atoms with Gasteiger partial charge in [-0.15, -0.1) is 0 Å². The van der Waals surface area contributed by atoms with Crippen LogP contribution in [0.1, 0.15) is 35.2 Å². The summed E-state index contributed by atoms with van der Waals surface area (Å²) in [4.78, 5) is 23.4. The van der Waals surface area contributed by atoms with Gasteiger partial charge in [0.05, 0.1) is 0 Å². The number of primary amides is 1. The van der Waals surface area contributed by atoms with Crippen molar-refractivity contribution < 1.29 is 14.7 Å². The van der Waals surface area contributed by atoms with E-state index in [1.807, 2.05) is 18.2 Å². The molecule has 1 fully saturated rings. The first kappa shape index (κ1) is 14.4. The van der Waals surface area contributed by atoms with E-state index in [9.17, 15) is 9.59 Å². The highest BCUT2D eigenvalue weighted by atomic mass is 16.4. The molecule has 5 heteroatoms. The van der Waals surface area contributed by atoms with Gasteiger partial charge in [0.1, 0.15) is 0 Å². The van der Waals surface area contributed by atoms with Crippen LogP contribution in [0, 0.1) is 5.92 Å². The summed E-state index contributed by atoms with van der Waals surface area (Å²) in [6.45, 7) is 1.25. The molecule has 0 aliphatic carbocycles. The number of nitrogens with zero attached hydrogens (tertiary/aromatic N) is 1. The molecule has 1 saturated heterocycles. The molecule has 3 N–H and O–H groups in total. The van der Waals surface area contributed by atoms with Crippen LogP contribution >= 0.6 is 0 Å². The maximum atomic E-state index is 11.1. The molecule has 0 atom stereocenters. The van der Waals surface area contributed by atoms with Crippen LogP contribution < -0.4 is 5.73 Å². The molecule has 0 radical (unpaired) electrons. The molecule has 2 rings (SSSR count). The summed E-state index contributed by atoms with van der Waals surface area (Å²) in [5, 5.41) is 8.90. The number of aryl methyl sites for hydroxylation is 1. The van der Waals surface area contributed by atoms with E-state index in [1.165, 1.54) is 4.90 Å². The van der Waals surface area contributed by atoms with Gasteiger partial charge in [0.25, 0.3) is 0 Å². The van der Waals surface area contributed by atoms with E-state index in [0.29, 0.717) is 24.6 Å². The number of likely N-dealkylation sites (tertiary alicyclic amines) is 1. The SMILES string of the molecule is NC(=O)c1cccc(CCC2CCN(C(=O)O)CC2)c1. The number of carbonyl (C=O) groups is 2. The van der Waals surface area contributed by atoms with Gasteiger partial charge in [-0.2, -0.15) is 0 Å². The highest BCUT2D eigenvalue weighted by Crippen LogP contribution is 2.22. The smallest absolute Gasteiger partial charge is 0.407 e. The van der Waals surface area contributed by atoms with E-state index in [2.05, 4.69) is 0 Å². The molecular formula is C15H20N2O3. The zero-order valence-corrected chi connectivity index (χ0v) is 11.4. The van der Waals surface area contributed by atoms with Crippen molar-refractivity contribution in [3.8, 4) is 0 Å². The molecule has 0 spiro atoms. The van der Waals surface area contributed by atoms with Gasteiger partial charge in [-0.3, -0.25) is 4.79 Å². The number of hydrogen-bond acceptors (Lipinski definition) is 2. The molecule has 1 aromatic rings. The van der Waals surface area contributed by atoms with E-state index >= 15 is 0 Å². The summed E-state index contributed by atoms with van der Waals surface area (Å²) >= 11 is 0. The number of carboxylic acid groups (broad SMARTS) is 1. The Kier molecular flexibility index (Phi) is 4.61. The summed E-state index contributed by atoms with van der Waals surface area (Å²) in [5.41, 5.74) is 6.92. The van der Waals surface area contributed by atoms with Gasteiger partial charge in [0, 0.05) is 18.7 Å². The van der Waals surface area contributed by atoms with Crippen LogP contribution in [-0.4, -0.2) is 35.1 Å². The summed E-state index contributed by atoms with van der Waals surface area (Å²) in [6.07, 6.45) is 2.94. The van der Waals surface area contributed by atoms with E-state index in [-0.39, 0.29) is 0 Å². The Morgan fingerprint density at radius 3 is 2.60 bits per heavy atom. The molecule has 0 bridgehead atoms. The molecule has 0 unspecified atom stereocenters. The van der Waals surface area contributed by atoms with Crippen molar-refractivity contribution in [2.24, 2.45) is 11.7 Å². The minimum Gasteiger partial charge on any atom is -0.465 e. The first-order valence-corrected chi connectivity index (χ1v) is 6.93. The van der Waals surface area contributed by atoms with Crippen molar-refractivity contribution in [2.45, 2.75) is 25.7 Å². The maximum Gasteiger partial charge on any atom is 0.407 e. The second-order valence-electron chi connectivity index (χ2n) is 5.32. The molecule has 108 valence electrons. The van der Waals surface area contributed by atoms with Crippen LogP contribution in [0.4, 0.5) is 4.79 Å². The van der Waals surface area contributed by atoms with Crippen LogP contribution in [0.25, 0.3) is 0 Å². The van der Waals surface area contributed by atoms with Gasteiger partial charge in [0.2, 0.25) is 5.91 Å². The van der Waals surface area contributed by atoms with Crippen molar-refractivity contribution in [2.75, 3.05) is 13.1 Å². The molecule has 2 amide bonds. The zero-order valence-electron chi connectivity index (χ0n) is 11.4. The Balaban J connectivity index is 1.83. The van der Waals surface area contributed by atoms with Crippen molar-refractivity contribution in [1.29, 1.82) is 0 Å². The van der Waals surface area contributed by atoms with Gasteiger partial charge < -0.3 is 15.7 Å². The number of benzene rings is 1. The van der Waals surface area contributed by atoms with Gasteiger partial charge in [0.15, 0.2) is 0 Å². The summed E-state index contributed by atoms with van der Waals surface area (Å²) in [5.74, 6) is 0.157. The molecule has 0 aromatic heterocycles. The van der Waals surface area contributed by atoms with Crippen LogP contribution in [-0.2, 0) is 6.42 Å². The first-order valence-electron chi connectivity index (χ1n) is 6.93. The number of carbonyl (C=O) groups excluding carboxylic acids is 1. The fourth-order valence-electron chi connectivity index (χ4n) is 2.66. The van der Waals surface area contributed by atoms with Crippen LogP contribution in [0.2, 0.25) is 0 Å². The Labute approximate surface area is 118 Å². The van der Waals surface area contributed by atoms with Crippen LogP contribution in [0.5, 0.6) is 0 Å². The van der Waals surface area contributed by atoms with E-state index in [0.717, 1.165) is 31.2 Å². The van der Waals surface area contributed by atoms with E-state index in [4.69, 9.17) is 10.8 Å². The Hall–Kier alpha value is -2.04. The van der Waals surface area contributed by atoms with Crippen molar-refractivity contribution in [3.05, 3.63) is 35.4 Å². The van der Waals surface area contributed by atoms with Crippen molar-refractivity contribution in [1.82, 2.24) is 4.90 Å². The Morgan fingerprint density at radius 2 is 2.00 bits per heavy atom. The molecular weight excluding hydrogens is 256 g/mol. The Morgan fingerprint density at radius 1 is 1.30 bits per heavy atom. The standard InChI is InChI=1S/C15H20N2O3/c16-14(18)13-3-1-2-12(10-13)5-4-11-6-8-17(9-7-11)15(19)20/h1-3,10-11H,4-9H2,(H2,16,18)(H,19,20). The largest absolute Gasteiger partial charge is 0.465 e. The minimum absolute atomic E-state index is 0.401. The number of rotatable bonds is 4. The normalized spacial score (nSPS) is 16.1. The number of piperidine rings is 1. The summed E-state index contributed by atoms with van der Waals surface area (Å²) in [6, 6.07) is 7.41. The van der Waals surface area contributed by atoms with Gasteiger partial charge in [-0.25, -0.2) is 4.79 Å². The predicted octanol–water partition coefficient (Wildman–Crippen LogP) is 2.11. The van der Waals surface area contributed by atoms with Crippen LogP contribution in [0.15, 0.2) is 24.3 Å². The lowest BCUT2D eigenvalue weighted by atomic mass is 9.90.